The second-order valence-electron chi connectivity index (χ2n) is 6.78. The third-order valence-corrected chi connectivity index (χ3v) is 5.36. The molecule has 3 fully saturated rings. The third kappa shape index (κ3) is 2.64. The van der Waals surface area contributed by atoms with Crippen molar-refractivity contribution in [3.8, 4) is 0 Å². The second-order valence-corrected chi connectivity index (χ2v) is 6.78. The van der Waals surface area contributed by atoms with Gasteiger partial charge in [-0.3, -0.25) is 4.79 Å². The van der Waals surface area contributed by atoms with E-state index in [4.69, 9.17) is 9.26 Å². The number of aromatic nitrogens is 2. The predicted molar refractivity (Wildman–Crippen MR) is 78.4 cm³/mol. The fourth-order valence-electron chi connectivity index (χ4n) is 3.58. The number of ether oxygens (including phenoxy) is 1. The largest absolute Gasteiger partial charge is 0.381 e. The van der Waals surface area contributed by atoms with Crippen molar-refractivity contribution in [2.24, 2.45) is 5.92 Å². The number of rotatable bonds is 3. The fourth-order valence-corrected chi connectivity index (χ4v) is 3.58. The maximum atomic E-state index is 12.3. The molecule has 1 atom stereocenters. The number of carbonyl (C=O) groups excluding carboxylic acids is 1. The third-order valence-electron chi connectivity index (χ3n) is 5.36. The van der Waals surface area contributed by atoms with Crippen LogP contribution in [0.25, 0.3) is 0 Å². The number of piperidine rings is 1. The highest BCUT2D eigenvalue weighted by atomic mass is 16.5. The number of hydrogen-bond acceptors (Lipinski definition) is 5. The predicted octanol–water partition coefficient (Wildman–Crippen LogP) is 2.08. The topological polar surface area (TPSA) is 68.5 Å². The first-order valence-electron chi connectivity index (χ1n) is 8.51. The zero-order chi connectivity index (χ0) is 14.9. The van der Waals surface area contributed by atoms with Gasteiger partial charge in [0.2, 0.25) is 11.8 Å². The van der Waals surface area contributed by atoms with E-state index in [1.165, 1.54) is 6.42 Å². The standard InChI is InChI=1S/C16H23N3O3/c20-16(12-2-1-3-12)19-7-4-11(5-8-19)15-17-14(18-22-15)13-6-9-21-10-13/h11-13H,1-10H2. The Morgan fingerprint density at radius 2 is 1.91 bits per heavy atom. The van der Waals surface area contributed by atoms with Gasteiger partial charge in [0.25, 0.3) is 0 Å². The van der Waals surface area contributed by atoms with Gasteiger partial charge in [-0.1, -0.05) is 11.6 Å². The quantitative estimate of drug-likeness (QED) is 0.855. The second kappa shape index (κ2) is 5.99. The van der Waals surface area contributed by atoms with E-state index in [1.807, 2.05) is 4.90 Å². The molecule has 120 valence electrons. The number of likely N-dealkylation sites (tertiary alicyclic amines) is 1. The average Bonchev–Trinajstić information content (AvgIpc) is 3.16. The molecule has 0 radical (unpaired) electrons. The Balaban J connectivity index is 1.34. The highest BCUT2D eigenvalue weighted by molar-refractivity contribution is 5.79. The zero-order valence-electron chi connectivity index (χ0n) is 12.9. The van der Waals surface area contributed by atoms with Crippen molar-refractivity contribution in [1.82, 2.24) is 15.0 Å². The normalized spacial score (nSPS) is 27.1. The Hall–Kier alpha value is -1.43. The van der Waals surface area contributed by atoms with Crippen LogP contribution in [0.15, 0.2) is 4.52 Å². The lowest BCUT2D eigenvalue weighted by Gasteiger charge is -2.35. The van der Waals surface area contributed by atoms with Crippen molar-refractivity contribution in [3.63, 3.8) is 0 Å². The Morgan fingerprint density at radius 3 is 2.55 bits per heavy atom. The van der Waals surface area contributed by atoms with Gasteiger partial charge in [0.1, 0.15) is 0 Å². The smallest absolute Gasteiger partial charge is 0.229 e. The van der Waals surface area contributed by atoms with Crippen LogP contribution in [0.2, 0.25) is 0 Å². The van der Waals surface area contributed by atoms with Gasteiger partial charge >= 0.3 is 0 Å². The summed E-state index contributed by atoms with van der Waals surface area (Å²) in [7, 11) is 0. The molecule has 0 spiro atoms. The summed E-state index contributed by atoms with van der Waals surface area (Å²) >= 11 is 0. The lowest BCUT2D eigenvalue weighted by atomic mass is 9.83. The van der Waals surface area contributed by atoms with Gasteiger partial charge in [-0.2, -0.15) is 4.98 Å². The molecular formula is C16H23N3O3. The van der Waals surface area contributed by atoms with Gasteiger partial charge in [-0.25, -0.2) is 0 Å². The van der Waals surface area contributed by atoms with Crippen LogP contribution >= 0.6 is 0 Å². The summed E-state index contributed by atoms with van der Waals surface area (Å²) in [6, 6.07) is 0. The van der Waals surface area contributed by atoms with E-state index in [0.29, 0.717) is 24.3 Å². The molecule has 22 heavy (non-hydrogen) atoms. The molecule has 1 unspecified atom stereocenters. The molecule has 4 rings (SSSR count). The van der Waals surface area contributed by atoms with Crippen molar-refractivity contribution in [2.45, 2.75) is 50.4 Å². The van der Waals surface area contributed by atoms with Crippen molar-refractivity contribution >= 4 is 5.91 Å². The molecule has 3 aliphatic rings. The van der Waals surface area contributed by atoms with Gasteiger partial charge in [-0.15, -0.1) is 0 Å². The van der Waals surface area contributed by atoms with Gasteiger partial charge in [0.05, 0.1) is 6.61 Å². The molecule has 1 aromatic heterocycles. The maximum absolute atomic E-state index is 12.3. The van der Waals surface area contributed by atoms with Crippen molar-refractivity contribution < 1.29 is 14.1 Å². The zero-order valence-corrected chi connectivity index (χ0v) is 12.9. The van der Waals surface area contributed by atoms with Crippen LogP contribution in [0, 0.1) is 5.92 Å². The maximum Gasteiger partial charge on any atom is 0.229 e. The Bertz CT molecular complexity index is 526. The first-order chi connectivity index (χ1) is 10.8. The van der Waals surface area contributed by atoms with E-state index in [0.717, 1.165) is 63.5 Å². The molecule has 1 aromatic rings. The monoisotopic (exact) mass is 305 g/mol. The summed E-state index contributed by atoms with van der Waals surface area (Å²) in [6.07, 6.45) is 6.21. The lowest BCUT2D eigenvalue weighted by Crippen LogP contribution is -2.43. The summed E-state index contributed by atoms with van der Waals surface area (Å²) in [5.41, 5.74) is 0. The molecule has 6 nitrogen and oxygen atoms in total. The van der Waals surface area contributed by atoms with Crippen molar-refractivity contribution in [2.75, 3.05) is 26.3 Å². The van der Waals surface area contributed by atoms with Crippen LogP contribution in [0.1, 0.15) is 62.1 Å². The van der Waals surface area contributed by atoms with Gasteiger partial charge in [0.15, 0.2) is 5.82 Å². The molecule has 1 amide bonds. The van der Waals surface area contributed by atoms with Gasteiger partial charge < -0.3 is 14.2 Å². The Morgan fingerprint density at radius 1 is 1.09 bits per heavy atom. The molecule has 6 heteroatoms. The minimum Gasteiger partial charge on any atom is -0.381 e. The average molecular weight is 305 g/mol. The summed E-state index contributed by atoms with van der Waals surface area (Å²) in [6.45, 7) is 3.14. The van der Waals surface area contributed by atoms with Crippen LogP contribution < -0.4 is 0 Å². The van der Waals surface area contributed by atoms with E-state index in [1.54, 1.807) is 0 Å². The lowest BCUT2D eigenvalue weighted by molar-refractivity contribution is -0.139. The van der Waals surface area contributed by atoms with Crippen LogP contribution in [0.4, 0.5) is 0 Å². The fraction of sp³-hybridized carbons (Fsp3) is 0.812. The summed E-state index contributed by atoms with van der Waals surface area (Å²) < 4.78 is 10.9. The van der Waals surface area contributed by atoms with Crippen molar-refractivity contribution in [1.29, 1.82) is 0 Å². The van der Waals surface area contributed by atoms with Crippen LogP contribution in [0.5, 0.6) is 0 Å². The summed E-state index contributed by atoms with van der Waals surface area (Å²) in [5, 5.41) is 4.13. The molecule has 1 aliphatic carbocycles. The van der Waals surface area contributed by atoms with Gasteiger partial charge in [0, 0.05) is 37.5 Å². The molecular weight excluding hydrogens is 282 g/mol. The van der Waals surface area contributed by atoms with Gasteiger partial charge in [-0.05, 0) is 32.1 Å². The van der Waals surface area contributed by atoms with Crippen LogP contribution in [-0.4, -0.2) is 47.3 Å². The molecule has 2 saturated heterocycles. The number of nitrogens with zero attached hydrogens (tertiary/aromatic N) is 3. The highest BCUT2D eigenvalue weighted by Crippen LogP contribution is 2.33. The van der Waals surface area contributed by atoms with E-state index in [2.05, 4.69) is 10.1 Å². The van der Waals surface area contributed by atoms with Crippen LogP contribution in [0.3, 0.4) is 0 Å². The molecule has 1 saturated carbocycles. The molecule has 3 heterocycles. The molecule has 0 aromatic carbocycles. The summed E-state index contributed by atoms with van der Waals surface area (Å²) in [5.74, 6) is 2.79. The first kappa shape index (κ1) is 14.2. The first-order valence-corrected chi connectivity index (χ1v) is 8.51. The minimum atomic E-state index is 0.290. The minimum absolute atomic E-state index is 0.290. The highest BCUT2D eigenvalue weighted by Gasteiger charge is 2.33. The van der Waals surface area contributed by atoms with E-state index in [-0.39, 0.29) is 5.92 Å². The molecule has 0 bridgehead atoms. The van der Waals surface area contributed by atoms with E-state index in [9.17, 15) is 4.79 Å². The number of carbonyl (C=O) groups is 1. The van der Waals surface area contributed by atoms with E-state index >= 15 is 0 Å². The number of amides is 1. The Labute approximate surface area is 130 Å². The number of hydrogen-bond donors (Lipinski definition) is 0. The van der Waals surface area contributed by atoms with Crippen LogP contribution in [-0.2, 0) is 9.53 Å². The molecule has 2 aliphatic heterocycles. The summed E-state index contributed by atoms with van der Waals surface area (Å²) in [4.78, 5) is 18.9. The molecule has 0 N–H and O–H groups in total. The van der Waals surface area contributed by atoms with Crippen molar-refractivity contribution in [3.05, 3.63) is 11.7 Å². The Kier molecular flexibility index (Phi) is 3.86. The van der Waals surface area contributed by atoms with E-state index < -0.39 is 0 Å². The SMILES string of the molecule is O=C(C1CCC1)N1CCC(c2nc(C3CCOC3)no2)CC1.